The highest BCUT2D eigenvalue weighted by Gasteiger charge is 2.41. The van der Waals surface area contributed by atoms with Gasteiger partial charge in [-0.1, -0.05) is 11.6 Å². The molecular formula is C18H22ClN3OS. The molecule has 1 spiro atoms. The summed E-state index contributed by atoms with van der Waals surface area (Å²) in [4.78, 5) is 12.6. The van der Waals surface area contributed by atoms with E-state index in [1.807, 2.05) is 18.2 Å². The van der Waals surface area contributed by atoms with Crippen molar-refractivity contribution < 1.29 is 4.79 Å². The number of fused-ring (bicyclic) bond motifs is 1. The first-order chi connectivity index (χ1) is 11.7. The number of halogens is 1. The molecule has 2 aromatic rings. The summed E-state index contributed by atoms with van der Waals surface area (Å²) in [6.45, 7) is 3.66. The first kappa shape index (κ1) is 16.3. The fraction of sp³-hybridized carbons (Fsp3) is 0.500. The van der Waals surface area contributed by atoms with E-state index in [9.17, 15) is 4.79 Å². The predicted molar refractivity (Wildman–Crippen MR) is 99.6 cm³/mol. The maximum atomic E-state index is 12.6. The lowest BCUT2D eigenvalue weighted by Gasteiger charge is -2.33. The molecule has 0 aliphatic carbocycles. The molecule has 0 saturated carbocycles. The highest BCUT2D eigenvalue weighted by molar-refractivity contribution is 7.17. The van der Waals surface area contributed by atoms with Crippen LogP contribution >= 0.6 is 22.9 Å². The summed E-state index contributed by atoms with van der Waals surface area (Å²) < 4.78 is 1.20. The lowest BCUT2D eigenvalue weighted by molar-refractivity contribution is -0.123. The van der Waals surface area contributed by atoms with Gasteiger partial charge in [-0.05, 0) is 72.3 Å². The van der Waals surface area contributed by atoms with E-state index in [0.717, 1.165) is 54.9 Å². The number of carbonyl (C=O) groups is 1. The molecule has 1 atom stereocenters. The van der Waals surface area contributed by atoms with Crippen LogP contribution in [0.2, 0.25) is 5.02 Å². The number of piperidine rings is 1. The molecule has 3 heterocycles. The average Bonchev–Trinajstić information content (AvgIpc) is 3.18. The van der Waals surface area contributed by atoms with Gasteiger partial charge in [0.2, 0.25) is 5.91 Å². The Bertz CT molecular complexity index is 754. The molecule has 1 amide bonds. The quantitative estimate of drug-likeness (QED) is 0.786. The standard InChI is InChI=1S/C18H22ClN3OS/c19-13-1-2-16-14(7-13)12(10-24-16)9-21-17(23)15-8-18(11-22-15)3-5-20-6-4-18/h1-2,7,10,15,20,22H,3-6,8-9,11H2,(H,21,23)/t15-/m0/s1. The van der Waals surface area contributed by atoms with Gasteiger partial charge in [-0.3, -0.25) is 4.79 Å². The monoisotopic (exact) mass is 363 g/mol. The molecule has 0 unspecified atom stereocenters. The van der Waals surface area contributed by atoms with Crippen LogP contribution in [-0.2, 0) is 11.3 Å². The molecule has 4 nitrogen and oxygen atoms in total. The number of benzene rings is 1. The second-order valence-corrected chi connectivity index (χ2v) is 8.35. The molecule has 2 fully saturated rings. The molecule has 1 aromatic carbocycles. The molecule has 0 bridgehead atoms. The van der Waals surface area contributed by atoms with Crippen LogP contribution in [0.15, 0.2) is 23.6 Å². The highest BCUT2D eigenvalue weighted by atomic mass is 35.5. The Kier molecular flexibility index (Phi) is 4.52. The van der Waals surface area contributed by atoms with Gasteiger partial charge in [0.05, 0.1) is 6.04 Å². The van der Waals surface area contributed by atoms with Crippen molar-refractivity contribution in [1.82, 2.24) is 16.0 Å². The number of nitrogens with one attached hydrogen (secondary N) is 3. The summed E-state index contributed by atoms with van der Waals surface area (Å²) in [5.74, 6) is 0.117. The smallest absolute Gasteiger partial charge is 0.237 e. The van der Waals surface area contributed by atoms with Crippen LogP contribution in [0.3, 0.4) is 0 Å². The van der Waals surface area contributed by atoms with Crippen molar-refractivity contribution in [2.75, 3.05) is 19.6 Å². The van der Waals surface area contributed by atoms with Crippen molar-refractivity contribution in [1.29, 1.82) is 0 Å². The Labute approximate surface area is 151 Å². The summed E-state index contributed by atoms with van der Waals surface area (Å²) in [6, 6.07) is 5.86. The Morgan fingerprint density at radius 1 is 1.38 bits per heavy atom. The van der Waals surface area contributed by atoms with Crippen LogP contribution in [0.5, 0.6) is 0 Å². The van der Waals surface area contributed by atoms with Crippen molar-refractivity contribution in [3.63, 3.8) is 0 Å². The third-order valence-electron chi connectivity index (χ3n) is 5.41. The minimum absolute atomic E-state index is 0.0587. The lowest BCUT2D eigenvalue weighted by Crippen LogP contribution is -2.40. The van der Waals surface area contributed by atoms with Crippen molar-refractivity contribution >= 4 is 38.9 Å². The van der Waals surface area contributed by atoms with E-state index in [2.05, 4.69) is 21.3 Å². The SMILES string of the molecule is O=C(NCc1csc2ccc(Cl)cc12)[C@@H]1CC2(CCNCC2)CN1. The minimum Gasteiger partial charge on any atom is -0.351 e. The molecule has 128 valence electrons. The zero-order valence-electron chi connectivity index (χ0n) is 13.5. The van der Waals surface area contributed by atoms with Crippen molar-refractivity contribution in [3.05, 3.63) is 34.2 Å². The molecule has 2 saturated heterocycles. The first-order valence-electron chi connectivity index (χ1n) is 8.53. The number of amides is 1. The van der Waals surface area contributed by atoms with E-state index in [4.69, 9.17) is 11.6 Å². The molecule has 0 radical (unpaired) electrons. The van der Waals surface area contributed by atoms with Gasteiger partial charge < -0.3 is 16.0 Å². The van der Waals surface area contributed by atoms with Crippen LogP contribution in [-0.4, -0.2) is 31.6 Å². The second-order valence-electron chi connectivity index (χ2n) is 7.01. The fourth-order valence-corrected chi connectivity index (χ4v) is 5.05. The summed E-state index contributed by atoms with van der Waals surface area (Å²) in [5.41, 5.74) is 1.45. The number of hydrogen-bond donors (Lipinski definition) is 3. The topological polar surface area (TPSA) is 53.2 Å². The average molecular weight is 364 g/mol. The maximum Gasteiger partial charge on any atom is 0.237 e. The second kappa shape index (κ2) is 6.64. The van der Waals surface area contributed by atoms with Crippen LogP contribution in [0, 0.1) is 5.41 Å². The molecule has 24 heavy (non-hydrogen) atoms. The predicted octanol–water partition coefficient (Wildman–Crippen LogP) is 2.90. The van der Waals surface area contributed by atoms with E-state index in [0.29, 0.717) is 12.0 Å². The Morgan fingerprint density at radius 2 is 2.21 bits per heavy atom. The fourth-order valence-electron chi connectivity index (χ4n) is 3.94. The lowest BCUT2D eigenvalue weighted by atomic mass is 9.77. The minimum atomic E-state index is -0.0587. The van der Waals surface area contributed by atoms with E-state index in [1.165, 1.54) is 4.70 Å². The van der Waals surface area contributed by atoms with Gasteiger partial charge in [-0.15, -0.1) is 11.3 Å². The van der Waals surface area contributed by atoms with Crippen molar-refractivity contribution in [3.8, 4) is 0 Å². The van der Waals surface area contributed by atoms with Gasteiger partial charge in [0.15, 0.2) is 0 Å². The van der Waals surface area contributed by atoms with Crippen molar-refractivity contribution in [2.24, 2.45) is 5.41 Å². The molecule has 2 aliphatic rings. The number of hydrogen-bond acceptors (Lipinski definition) is 4. The summed E-state index contributed by atoms with van der Waals surface area (Å²) in [7, 11) is 0. The van der Waals surface area contributed by atoms with E-state index in [1.54, 1.807) is 11.3 Å². The summed E-state index contributed by atoms with van der Waals surface area (Å²) in [5, 5.41) is 13.9. The molecule has 3 N–H and O–H groups in total. The third kappa shape index (κ3) is 3.18. The van der Waals surface area contributed by atoms with Crippen molar-refractivity contribution in [2.45, 2.75) is 31.8 Å². The van der Waals surface area contributed by atoms with E-state index >= 15 is 0 Å². The molecular weight excluding hydrogens is 342 g/mol. The maximum absolute atomic E-state index is 12.6. The van der Waals surface area contributed by atoms with Crippen LogP contribution < -0.4 is 16.0 Å². The Morgan fingerprint density at radius 3 is 3.04 bits per heavy atom. The van der Waals surface area contributed by atoms with Gasteiger partial charge in [0.1, 0.15) is 0 Å². The number of thiophene rings is 1. The molecule has 1 aromatic heterocycles. The van der Waals surface area contributed by atoms with Crippen LogP contribution in [0.4, 0.5) is 0 Å². The normalized spacial score (nSPS) is 23.0. The summed E-state index contributed by atoms with van der Waals surface area (Å²) in [6.07, 6.45) is 3.28. The molecule has 6 heteroatoms. The van der Waals surface area contributed by atoms with Crippen LogP contribution in [0.1, 0.15) is 24.8 Å². The van der Waals surface area contributed by atoms with Gasteiger partial charge in [0, 0.05) is 22.8 Å². The van der Waals surface area contributed by atoms with Gasteiger partial charge >= 0.3 is 0 Å². The molecule has 2 aliphatic heterocycles. The van der Waals surface area contributed by atoms with Gasteiger partial charge in [-0.2, -0.15) is 0 Å². The molecule has 4 rings (SSSR count). The summed E-state index contributed by atoms with van der Waals surface area (Å²) >= 11 is 7.79. The van der Waals surface area contributed by atoms with Gasteiger partial charge in [0.25, 0.3) is 0 Å². The van der Waals surface area contributed by atoms with Crippen LogP contribution in [0.25, 0.3) is 10.1 Å². The largest absolute Gasteiger partial charge is 0.351 e. The number of rotatable bonds is 3. The zero-order chi connectivity index (χ0) is 16.6. The number of carbonyl (C=O) groups excluding carboxylic acids is 1. The zero-order valence-corrected chi connectivity index (χ0v) is 15.1. The van der Waals surface area contributed by atoms with Gasteiger partial charge in [-0.25, -0.2) is 0 Å². The highest BCUT2D eigenvalue weighted by Crippen LogP contribution is 2.37. The Balaban J connectivity index is 1.39. The van der Waals surface area contributed by atoms with E-state index < -0.39 is 0 Å². The first-order valence-corrected chi connectivity index (χ1v) is 9.78. The third-order valence-corrected chi connectivity index (χ3v) is 6.66. The Hall–Kier alpha value is -1.14. The van der Waals surface area contributed by atoms with E-state index in [-0.39, 0.29) is 11.9 Å².